The zero-order valence-electron chi connectivity index (χ0n) is 11.8. The van der Waals surface area contributed by atoms with Gasteiger partial charge in [0.05, 0.1) is 17.5 Å². The molecule has 1 unspecified atom stereocenters. The van der Waals surface area contributed by atoms with Gasteiger partial charge in [-0.2, -0.15) is 0 Å². The molecule has 0 bridgehead atoms. The molecule has 1 atom stereocenters. The molecule has 0 aromatic carbocycles. The lowest BCUT2D eigenvalue weighted by Gasteiger charge is -2.28. The number of likely N-dealkylation sites (tertiary alicyclic amines) is 1. The van der Waals surface area contributed by atoms with E-state index in [0.29, 0.717) is 0 Å². The highest BCUT2D eigenvalue weighted by Gasteiger charge is 2.26. The third-order valence-electron chi connectivity index (χ3n) is 3.96. The predicted molar refractivity (Wildman–Crippen MR) is 78.8 cm³/mol. The standard InChI is InChI=1S/C15H23NO2S/c1-3-12-9-14(19-11(12)2)15(18)16-8-6-4-5-7-13(16)10-17/h9,13,17H,3-8,10H2,1-2H3. The first-order valence-electron chi connectivity index (χ1n) is 7.18. The summed E-state index contributed by atoms with van der Waals surface area (Å²) < 4.78 is 0. The van der Waals surface area contributed by atoms with Gasteiger partial charge in [0.2, 0.25) is 0 Å². The highest BCUT2D eigenvalue weighted by molar-refractivity contribution is 7.14. The molecule has 0 aliphatic carbocycles. The monoisotopic (exact) mass is 281 g/mol. The zero-order chi connectivity index (χ0) is 13.8. The number of thiophene rings is 1. The van der Waals surface area contributed by atoms with E-state index in [9.17, 15) is 9.90 Å². The van der Waals surface area contributed by atoms with Crippen molar-refractivity contribution in [3.63, 3.8) is 0 Å². The number of aliphatic hydroxyl groups excluding tert-OH is 1. The van der Waals surface area contributed by atoms with Crippen molar-refractivity contribution in [1.29, 1.82) is 0 Å². The number of hydrogen-bond donors (Lipinski definition) is 1. The van der Waals surface area contributed by atoms with Crippen LogP contribution >= 0.6 is 11.3 Å². The van der Waals surface area contributed by atoms with Crippen LogP contribution in [0.2, 0.25) is 0 Å². The fraction of sp³-hybridized carbons (Fsp3) is 0.667. The summed E-state index contributed by atoms with van der Waals surface area (Å²) in [5.41, 5.74) is 1.27. The van der Waals surface area contributed by atoms with Crippen LogP contribution in [0.1, 0.15) is 52.7 Å². The molecular formula is C15H23NO2S. The molecule has 0 radical (unpaired) electrons. The predicted octanol–water partition coefficient (Wildman–Crippen LogP) is 3.00. The lowest BCUT2D eigenvalue weighted by atomic mass is 10.1. The molecule has 1 fully saturated rings. The molecule has 0 spiro atoms. The highest BCUT2D eigenvalue weighted by atomic mass is 32.1. The van der Waals surface area contributed by atoms with Gasteiger partial charge in [-0.05, 0) is 37.8 Å². The maximum atomic E-state index is 12.6. The first kappa shape index (κ1) is 14.5. The van der Waals surface area contributed by atoms with Crippen LogP contribution in [0, 0.1) is 6.92 Å². The summed E-state index contributed by atoms with van der Waals surface area (Å²) in [4.78, 5) is 16.6. The molecule has 3 nitrogen and oxygen atoms in total. The minimum absolute atomic E-state index is 0.00230. The lowest BCUT2D eigenvalue weighted by Crippen LogP contribution is -2.41. The number of rotatable bonds is 3. The van der Waals surface area contributed by atoms with E-state index in [-0.39, 0.29) is 18.6 Å². The van der Waals surface area contributed by atoms with E-state index >= 15 is 0 Å². The van der Waals surface area contributed by atoms with Crippen LogP contribution in [0.3, 0.4) is 0 Å². The second-order valence-electron chi connectivity index (χ2n) is 5.23. The Morgan fingerprint density at radius 3 is 2.89 bits per heavy atom. The summed E-state index contributed by atoms with van der Waals surface area (Å²) >= 11 is 1.59. The first-order chi connectivity index (χ1) is 9.17. The van der Waals surface area contributed by atoms with Crippen molar-refractivity contribution >= 4 is 17.2 Å². The van der Waals surface area contributed by atoms with Crippen molar-refractivity contribution in [1.82, 2.24) is 4.90 Å². The average molecular weight is 281 g/mol. The zero-order valence-corrected chi connectivity index (χ0v) is 12.6. The number of amides is 1. The van der Waals surface area contributed by atoms with Gasteiger partial charge in [0.15, 0.2) is 0 Å². The summed E-state index contributed by atoms with van der Waals surface area (Å²) in [5.74, 6) is 0.105. The molecular weight excluding hydrogens is 258 g/mol. The van der Waals surface area contributed by atoms with Gasteiger partial charge in [0, 0.05) is 11.4 Å². The van der Waals surface area contributed by atoms with E-state index < -0.39 is 0 Å². The molecule has 1 amide bonds. The second kappa shape index (κ2) is 6.53. The van der Waals surface area contributed by atoms with Gasteiger partial charge in [-0.1, -0.05) is 19.8 Å². The van der Waals surface area contributed by atoms with Gasteiger partial charge in [-0.15, -0.1) is 11.3 Å². The van der Waals surface area contributed by atoms with Crippen LogP contribution in [0.15, 0.2) is 6.07 Å². The van der Waals surface area contributed by atoms with E-state index in [0.717, 1.165) is 43.5 Å². The fourth-order valence-corrected chi connectivity index (χ4v) is 3.82. The van der Waals surface area contributed by atoms with E-state index in [4.69, 9.17) is 0 Å². The Labute approximate surface area is 119 Å². The molecule has 19 heavy (non-hydrogen) atoms. The smallest absolute Gasteiger partial charge is 0.264 e. The van der Waals surface area contributed by atoms with Crippen LogP contribution in [0.25, 0.3) is 0 Å². The molecule has 106 valence electrons. The largest absolute Gasteiger partial charge is 0.394 e. The minimum Gasteiger partial charge on any atom is -0.394 e. The summed E-state index contributed by atoms with van der Waals surface area (Å²) in [6.45, 7) is 5.05. The second-order valence-corrected chi connectivity index (χ2v) is 6.49. The lowest BCUT2D eigenvalue weighted by molar-refractivity contribution is 0.0604. The number of carbonyl (C=O) groups excluding carboxylic acids is 1. The van der Waals surface area contributed by atoms with Crippen molar-refractivity contribution < 1.29 is 9.90 Å². The van der Waals surface area contributed by atoms with Crippen molar-refractivity contribution in [2.75, 3.05) is 13.2 Å². The third-order valence-corrected chi connectivity index (χ3v) is 5.04. The molecule has 1 saturated heterocycles. The molecule has 1 N–H and O–H groups in total. The minimum atomic E-state index is 0.00230. The van der Waals surface area contributed by atoms with Crippen molar-refractivity contribution in [2.24, 2.45) is 0 Å². The number of aryl methyl sites for hydroxylation is 2. The number of carbonyl (C=O) groups is 1. The Kier molecular flexibility index (Phi) is 4.99. The van der Waals surface area contributed by atoms with Crippen molar-refractivity contribution in [2.45, 2.75) is 52.0 Å². The van der Waals surface area contributed by atoms with E-state index in [2.05, 4.69) is 13.8 Å². The number of aliphatic hydroxyl groups is 1. The Hall–Kier alpha value is -0.870. The van der Waals surface area contributed by atoms with E-state index in [1.54, 1.807) is 11.3 Å². The van der Waals surface area contributed by atoms with Crippen molar-refractivity contribution in [3.8, 4) is 0 Å². The summed E-state index contributed by atoms with van der Waals surface area (Å²) in [6.07, 6.45) is 5.21. The Balaban J connectivity index is 2.20. The van der Waals surface area contributed by atoms with Gasteiger partial charge in [0.1, 0.15) is 0 Å². The molecule has 2 heterocycles. The molecule has 4 heteroatoms. The van der Waals surface area contributed by atoms with Crippen LogP contribution in [0.5, 0.6) is 0 Å². The molecule has 0 saturated carbocycles. The van der Waals surface area contributed by atoms with Gasteiger partial charge < -0.3 is 10.0 Å². The maximum absolute atomic E-state index is 12.6. The number of nitrogens with zero attached hydrogens (tertiary/aromatic N) is 1. The first-order valence-corrected chi connectivity index (χ1v) is 8.00. The number of hydrogen-bond acceptors (Lipinski definition) is 3. The van der Waals surface area contributed by atoms with Crippen LogP contribution in [0.4, 0.5) is 0 Å². The Bertz CT molecular complexity index is 441. The Morgan fingerprint density at radius 2 is 2.26 bits per heavy atom. The van der Waals surface area contributed by atoms with Gasteiger partial charge in [0.25, 0.3) is 5.91 Å². The molecule has 1 aromatic heterocycles. The van der Waals surface area contributed by atoms with E-state index in [1.165, 1.54) is 10.4 Å². The normalized spacial score (nSPS) is 20.4. The van der Waals surface area contributed by atoms with Crippen LogP contribution in [-0.4, -0.2) is 35.1 Å². The highest BCUT2D eigenvalue weighted by Crippen LogP contribution is 2.26. The van der Waals surface area contributed by atoms with Gasteiger partial charge in [-0.3, -0.25) is 4.79 Å². The molecule has 1 aromatic rings. The van der Waals surface area contributed by atoms with Crippen LogP contribution < -0.4 is 0 Å². The maximum Gasteiger partial charge on any atom is 0.264 e. The van der Waals surface area contributed by atoms with Crippen LogP contribution in [-0.2, 0) is 6.42 Å². The molecule has 1 aliphatic rings. The molecule has 2 rings (SSSR count). The van der Waals surface area contributed by atoms with Crippen molar-refractivity contribution in [3.05, 3.63) is 21.4 Å². The summed E-state index contributed by atoms with van der Waals surface area (Å²) in [7, 11) is 0. The summed E-state index contributed by atoms with van der Waals surface area (Å²) in [6, 6.07) is 2.03. The molecule has 1 aliphatic heterocycles. The SMILES string of the molecule is CCc1cc(C(=O)N2CCCCCC2CO)sc1C. The Morgan fingerprint density at radius 1 is 1.47 bits per heavy atom. The average Bonchev–Trinajstić information content (AvgIpc) is 2.64. The topological polar surface area (TPSA) is 40.5 Å². The van der Waals surface area contributed by atoms with E-state index in [1.807, 2.05) is 11.0 Å². The van der Waals surface area contributed by atoms with Gasteiger partial charge in [-0.25, -0.2) is 0 Å². The quantitative estimate of drug-likeness (QED) is 0.925. The third kappa shape index (κ3) is 3.18. The van der Waals surface area contributed by atoms with Gasteiger partial charge >= 0.3 is 0 Å². The fourth-order valence-electron chi connectivity index (χ4n) is 2.75. The summed E-state index contributed by atoms with van der Waals surface area (Å²) in [5, 5.41) is 9.50.